The molecule has 4 nitrogen and oxygen atoms in total. The smallest absolute Gasteiger partial charge is 0.303 e. The lowest BCUT2D eigenvalue weighted by Crippen LogP contribution is -2.40. The van der Waals surface area contributed by atoms with Crippen LogP contribution < -0.4 is 0 Å². The Morgan fingerprint density at radius 1 is 1.24 bits per heavy atom. The molecule has 0 aromatic heterocycles. The highest BCUT2D eigenvalue weighted by molar-refractivity contribution is 5.80. The van der Waals surface area contributed by atoms with Gasteiger partial charge in [0.05, 0.1) is 6.42 Å². The fourth-order valence-corrected chi connectivity index (χ4v) is 2.37. The number of amides is 1. The number of carboxylic acid groups (broad SMARTS) is 1. The van der Waals surface area contributed by atoms with Crippen LogP contribution >= 0.6 is 0 Å². The van der Waals surface area contributed by atoms with Gasteiger partial charge in [0.1, 0.15) is 0 Å². The molecule has 0 aromatic rings. The summed E-state index contributed by atoms with van der Waals surface area (Å²) in [7, 11) is 1.80. The van der Waals surface area contributed by atoms with Crippen molar-refractivity contribution in [3.05, 3.63) is 0 Å². The Hall–Kier alpha value is -1.06. The van der Waals surface area contributed by atoms with Gasteiger partial charge in [-0.3, -0.25) is 9.59 Å². The summed E-state index contributed by atoms with van der Waals surface area (Å²) in [5.74, 6) is -0.950. The van der Waals surface area contributed by atoms with E-state index >= 15 is 0 Å². The van der Waals surface area contributed by atoms with E-state index in [4.69, 9.17) is 5.11 Å². The van der Waals surface area contributed by atoms with Crippen LogP contribution in [0.4, 0.5) is 0 Å². The number of carbonyl (C=O) groups excluding carboxylic acids is 1. The first-order valence-electron chi connectivity index (χ1n) is 6.29. The first kappa shape index (κ1) is 14.0. The standard InChI is InChI=1S/C13H23NO3/c1-13(2)8-6-10(7-9-13)14(3)11(15)4-5-12(16)17/h10H,4-9H2,1-3H3,(H,16,17). The van der Waals surface area contributed by atoms with Crippen molar-refractivity contribution in [2.45, 2.75) is 58.4 Å². The minimum Gasteiger partial charge on any atom is -0.481 e. The van der Waals surface area contributed by atoms with Gasteiger partial charge in [-0.15, -0.1) is 0 Å². The summed E-state index contributed by atoms with van der Waals surface area (Å²) >= 11 is 0. The number of hydrogen-bond donors (Lipinski definition) is 1. The lowest BCUT2D eigenvalue weighted by molar-refractivity contribution is -0.141. The first-order chi connectivity index (χ1) is 7.82. The van der Waals surface area contributed by atoms with E-state index < -0.39 is 5.97 Å². The zero-order valence-corrected chi connectivity index (χ0v) is 11.0. The molecule has 0 radical (unpaired) electrons. The van der Waals surface area contributed by atoms with Gasteiger partial charge in [0.2, 0.25) is 5.91 Å². The van der Waals surface area contributed by atoms with Crippen LogP contribution in [-0.4, -0.2) is 35.0 Å². The average Bonchev–Trinajstić information content (AvgIpc) is 2.25. The zero-order valence-electron chi connectivity index (χ0n) is 11.0. The van der Waals surface area contributed by atoms with Gasteiger partial charge >= 0.3 is 5.97 Å². The van der Waals surface area contributed by atoms with Crippen LogP contribution in [0.5, 0.6) is 0 Å². The molecule has 0 atom stereocenters. The molecule has 1 aliphatic carbocycles. The third kappa shape index (κ3) is 4.36. The predicted molar refractivity (Wildman–Crippen MR) is 65.7 cm³/mol. The Morgan fingerprint density at radius 2 is 1.76 bits per heavy atom. The number of carbonyl (C=O) groups is 2. The van der Waals surface area contributed by atoms with E-state index in [1.54, 1.807) is 11.9 Å². The van der Waals surface area contributed by atoms with Gasteiger partial charge in [-0.1, -0.05) is 13.8 Å². The minimum atomic E-state index is -0.906. The minimum absolute atomic E-state index is 0.0443. The third-order valence-electron chi connectivity index (χ3n) is 3.80. The van der Waals surface area contributed by atoms with E-state index in [1.165, 1.54) is 0 Å². The zero-order chi connectivity index (χ0) is 13.1. The number of rotatable bonds is 4. The highest BCUT2D eigenvalue weighted by atomic mass is 16.4. The maximum Gasteiger partial charge on any atom is 0.303 e. The van der Waals surface area contributed by atoms with Gasteiger partial charge in [0.15, 0.2) is 0 Å². The SMILES string of the molecule is CN(C(=O)CCC(=O)O)C1CCC(C)(C)CC1. The van der Waals surface area contributed by atoms with Crippen molar-refractivity contribution in [2.24, 2.45) is 5.41 Å². The summed E-state index contributed by atoms with van der Waals surface area (Å²) in [6, 6.07) is 0.296. The van der Waals surface area contributed by atoms with E-state index in [-0.39, 0.29) is 18.7 Å². The predicted octanol–water partition coefficient (Wildman–Crippen LogP) is 2.28. The van der Waals surface area contributed by atoms with E-state index in [0.29, 0.717) is 11.5 Å². The lowest BCUT2D eigenvalue weighted by Gasteiger charge is -2.38. The fourth-order valence-electron chi connectivity index (χ4n) is 2.37. The van der Waals surface area contributed by atoms with Crippen LogP contribution in [0.25, 0.3) is 0 Å². The highest BCUT2D eigenvalue weighted by Gasteiger charge is 2.30. The number of carboxylic acids is 1. The Balaban J connectivity index is 2.40. The van der Waals surface area contributed by atoms with Crippen molar-refractivity contribution in [3.63, 3.8) is 0 Å². The van der Waals surface area contributed by atoms with Crippen LogP contribution in [0.2, 0.25) is 0 Å². The third-order valence-corrected chi connectivity index (χ3v) is 3.80. The van der Waals surface area contributed by atoms with Crippen molar-refractivity contribution < 1.29 is 14.7 Å². The maximum atomic E-state index is 11.8. The molecule has 0 bridgehead atoms. The summed E-state index contributed by atoms with van der Waals surface area (Å²) in [5.41, 5.74) is 0.390. The second-order valence-corrected chi connectivity index (χ2v) is 5.79. The molecule has 1 fully saturated rings. The molecule has 1 saturated carbocycles. The molecule has 1 rings (SSSR count). The van der Waals surface area contributed by atoms with Gasteiger partial charge < -0.3 is 10.0 Å². The van der Waals surface area contributed by atoms with E-state index in [9.17, 15) is 9.59 Å². The number of nitrogens with zero attached hydrogens (tertiary/aromatic N) is 1. The largest absolute Gasteiger partial charge is 0.481 e. The molecule has 1 N–H and O–H groups in total. The second kappa shape index (κ2) is 5.52. The first-order valence-corrected chi connectivity index (χ1v) is 6.29. The molecule has 4 heteroatoms. The van der Waals surface area contributed by atoms with Crippen molar-refractivity contribution in [2.75, 3.05) is 7.05 Å². The second-order valence-electron chi connectivity index (χ2n) is 5.79. The Bertz CT molecular complexity index is 289. The molecule has 1 aliphatic rings. The fraction of sp³-hybridized carbons (Fsp3) is 0.846. The molecule has 0 unspecified atom stereocenters. The normalized spacial score (nSPS) is 19.9. The highest BCUT2D eigenvalue weighted by Crippen LogP contribution is 2.36. The van der Waals surface area contributed by atoms with E-state index in [1.807, 2.05) is 0 Å². The summed E-state index contributed by atoms with van der Waals surface area (Å²) < 4.78 is 0. The van der Waals surface area contributed by atoms with Gasteiger partial charge in [0.25, 0.3) is 0 Å². The van der Waals surface area contributed by atoms with Crippen LogP contribution in [-0.2, 0) is 9.59 Å². The van der Waals surface area contributed by atoms with Crippen molar-refractivity contribution >= 4 is 11.9 Å². The van der Waals surface area contributed by atoms with E-state index in [0.717, 1.165) is 25.7 Å². The molecule has 0 spiro atoms. The van der Waals surface area contributed by atoms with Crippen LogP contribution in [0.15, 0.2) is 0 Å². The Labute approximate surface area is 103 Å². The summed E-state index contributed by atoms with van der Waals surface area (Å²) in [6.07, 6.45) is 4.38. The van der Waals surface area contributed by atoms with Crippen LogP contribution in [0, 0.1) is 5.41 Å². The monoisotopic (exact) mass is 241 g/mol. The molecule has 1 amide bonds. The molecule has 98 valence electrons. The van der Waals surface area contributed by atoms with Crippen molar-refractivity contribution in [1.82, 2.24) is 4.90 Å². The lowest BCUT2D eigenvalue weighted by atomic mass is 9.75. The molecular formula is C13H23NO3. The summed E-state index contributed by atoms with van der Waals surface area (Å²) in [5, 5.41) is 8.55. The van der Waals surface area contributed by atoms with Crippen molar-refractivity contribution in [1.29, 1.82) is 0 Å². The van der Waals surface area contributed by atoms with Gasteiger partial charge in [0, 0.05) is 19.5 Å². The molecule has 0 aromatic carbocycles. The number of hydrogen-bond acceptors (Lipinski definition) is 2. The number of aliphatic carboxylic acids is 1. The molecule has 0 aliphatic heterocycles. The van der Waals surface area contributed by atoms with Gasteiger partial charge in [-0.25, -0.2) is 0 Å². The van der Waals surface area contributed by atoms with Crippen molar-refractivity contribution in [3.8, 4) is 0 Å². The van der Waals surface area contributed by atoms with Gasteiger partial charge in [-0.2, -0.15) is 0 Å². The molecular weight excluding hydrogens is 218 g/mol. The topological polar surface area (TPSA) is 57.6 Å². The van der Waals surface area contributed by atoms with Crippen LogP contribution in [0.1, 0.15) is 52.4 Å². The van der Waals surface area contributed by atoms with E-state index in [2.05, 4.69) is 13.8 Å². The summed E-state index contributed by atoms with van der Waals surface area (Å²) in [4.78, 5) is 23.9. The Morgan fingerprint density at radius 3 is 2.24 bits per heavy atom. The van der Waals surface area contributed by atoms with Gasteiger partial charge in [-0.05, 0) is 31.1 Å². The Kier molecular flexibility index (Phi) is 4.54. The molecule has 0 saturated heterocycles. The van der Waals surface area contributed by atoms with Crippen LogP contribution in [0.3, 0.4) is 0 Å². The molecule has 17 heavy (non-hydrogen) atoms. The average molecular weight is 241 g/mol. The quantitative estimate of drug-likeness (QED) is 0.821. The maximum absolute atomic E-state index is 11.8. The molecule has 0 heterocycles. The summed E-state index contributed by atoms with van der Waals surface area (Å²) in [6.45, 7) is 4.52.